The van der Waals surface area contributed by atoms with Crippen LogP contribution >= 0.6 is 0 Å². The minimum absolute atomic E-state index is 0.00137. The Balaban J connectivity index is 1.42. The van der Waals surface area contributed by atoms with Gasteiger partial charge in [-0.05, 0) is 60.4 Å². The van der Waals surface area contributed by atoms with E-state index in [2.05, 4.69) is 5.32 Å². The maximum atomic E-state index is 13.6. The Morgan fingerprint density at radius 1 is 0.972 bits per heavy atom. The van der Waals surface area contributed by atoms with E-state index < -0.39 is 11.6 Å². The van der Waals surface area contributed by atoms with Gasteiger partial charge in [0.05, 0.1) is 30.1 Å². The fourth-order valence-electron chi connectivity index (χ4n) is 5.43. The second-order valence-corrected chi connectivity index (χ2v) is 9.98. The fourth-order valence-corrected chi connectivity index (χ4v) is 5.43. The summed E-state index contributed by atoms with van der Waals surface area (Å²) in [6.07, 6.45) is 9.39. The van der Waals surface area contributed by atoms with Crippen LogP contribution in [0.25, 0.3) is 11.3 Å². The number of aryl methyl sites for hydroxylation is 3. The van der Waals surface area contributed by atoms with Gasteiger partial charge in [0.2, 0.25) is 5.91 Å². The van der Waals surface area contributed by atoms with Crippen molar-refractivity contribution in [2.24, 2.45) is 5.92 Å². The number of nitrogens with zero attached hydrogens (tertiary/aromatic N) is 2. The van der Waals surface area contributed by atoms with Crippen LogP contribution in [-0.4, -0.2) is 21.0 Å². The highest BCUT2D eigenvalue weighted by Gasteiger charge is 2.24. The molecule has 1 amide bonds. The third-order valence-corrected chi connectivity index (χ3v) is 7.40. The largest absolute Gasteiger partial charge is 0.392 e. The van der Waals surface area contributed by atoms with Crippen molar-refractivity contribution in [1.82, 2.24) is 9.97 Å². The number of halogens is 2. The molecule has 2 N–H and O–H groups in total. The highest BCUT2D eigenvalue weighted by atomic mass is 19.2. The topological polar surface area (TPSA) is 75.1 Å². The van der Waals surface area contributed by atoms with Gasteiger partial charge in [0.25, 0.3) is 0 Å². The molecule has 1 heterocycles. The smallest absolute Gasteiger partial charge is 0.229 e. The van der Waals surface area contributed by atoms with Gasteiger partial charge in [0.1, 0.15) is 0 Å². The van der Waals surface area contributed by atoms with E-state index >= 15 is 0 Å². The lowest BCUT2D eigenvalue weighted by Gasteiger charge is -2.23. The third-order valence-electron chi connectivity index (χ3n) is 7.40. The van der Waals surface area contributed by atoms with E-state index in [0.717, 1.165) is 65.2 Å². The summed E-state index contributed by atoms with van der Waals surface area (Å²) in [5.41, 5.74) is 5.90. The van der Waals surface area contributed by atoms with Gasteiger partial charge >= 0.3 is 0 Å². The molecular weight excluding hydrogens is 460 g/mol. The van der Waals surface area contributed by atoms with Crippen LogP contribution in [0, 0.1) is 17.6 Å². The van der Waals surface area contributed by atoms with E-state index in [0.29, 0.717) is 23.7 Å². The van der Waals surface area contributed by atoms with E-state index in [4.69, 9.17) is 9.97 Å². The number of benzene rings is 2. The van der Waals surface area contributed by atoms with Crippen molar-refractivity contribution in [3.05, 3.63) is 76.1 Å². The Kier molecular flexibility index (Phi) is 7.37. The molecule has 5 nitrogen and oxygen atoms in total. The first-order valence-electron chi connectivity index (χ1n) is 12.9. The van der Waals surface area contributed by atoms with Gasteiger partial charge in [-0.1, -0.05) is 56.4 Å². The maximum Gasteiger partial charge on any atom is 0.229 e. The van der Waals surface area contributed by atoms with Gasteiger partial charge in [0, 0.05) is 5.56 Å². The normalized spacial score (nSPS) is 15.3. The number of nitrogens with one attached hydrogen (secondary N) is 1. The first-order chi connectivity index (χ1) is 17.5. The molecule has 5 rings (SSSR count). The Morgan fingerprint density at radius 3 is 2.56 bits per heavy atom. The molecule has 2 aliphatic carbocycles. The molecule has 3 aromatic rings. The van der Waals surface area contributed by atoms with Crippen molar-refractivity contribution in [3.8, 4) is 11.3 Å². The van der Waals surface area contributed by atoms with E-state index in [1.54, 1.807) is 0 Å². The quantitative estimate of drug-likeness (QED) is 0.444. The molecule has 1 fully saturated rings. The molecule has 1 aromatic heterocycles. The number of carbonyl (C=O) groups is 1. The molecule has 188 valence electrons. The number of anilines is 1. The van der Waals surface area contributed by atoms with Crippen LogP contribution in [-0.2, 0) is 37.1 Å². The summed E-state index contributed by atoms with van der Waals surface area (Å²) in [4.78, 5) is 22.7. The van der Waals surface area contributed by atoms with Gasteiger partial charge in [-0.15, -0.1) is 0 Å². The molecule has 1 saturated carbocycles. The van der Waals surface area contributed by atoms with Crippen molar-refractivity contribution in [1.29, 1.82) is 0 Å². The minimum Gasteiger partial charge on any atom is -0.392 e. The van der Waals surface area contributed by atoms with Gasteiger partial charge in [-0.2, -0.15) is 0 Å². The zero-order chi connectivity index (χ0) is 25.1. The Bertz CT molecular complexity index is 1270. The Hall–Kier alpha value is -3.19. The monoisotopic (exact) mass is 491 g/mol. The minimum atomic E-state index is -0.968. The lowest BCUT2D eigenvalue weighted by atomic mass is 9.85. The average molecular weight is 492 g/mol. The number of carbonyl (C=O) groups excluding carboxylic acids is 1. The fraction of sp³-hybridized carbons (Fsp3) is 0.414. The Morgan fingerprint density at radius 2 is 1.78 bits per heavy atom. The number of aromatic nitrogens is 2. The maximum absolute atomic E-state index is 13.6. The van der Waals surface area contributed by atoms with Crippen LogP contribution in [0.4, 0.5) is 14.6 Å². The molecule has 7 heteroatoms. The molecular formula is C29H31F2N3O2. The molecule has 0 aliphatic heterocycles. The van der Waals surface area contributed by atoms with Crippen molar-refractivity contribution in [2.75, 3.05) is 5.32 Å². The first kappa shape index (κ1) is 24.5. The number of hydrogen-bond donors (Lipinski definition) is 2. The van der Waals surface area contributed by atoms with Crippen molar-refractivity contribution < 1.29 is 18.7 Å². The van der Waals surface area contributed by atoms with Crippen LogP contribution in [0.3, 0.4) is 0 Å². The highest BCUT2D eigenvalue weighted by Crippen LogP contribution is 2.35. The van der Waals surface area contributed by atoms with Crippen molar-refractivity contribution >= 4 is 11.7 Å². The van der Waals surface area contributed by atoms with E-state index in [9.17, 15) is 18.7 Å². The second-order valence-electron chi connectivity index (χ2n) is 9.98. The number of hydrogen-bond acceptors (Lipinski definition) is 4. The average Bonchev–Trinajstić information content (AvgIpc) is 2.89. The van der Waals surface area contributed by atoms with Gasteiger partial charge in [-0.25, -0.2) is 18.7 Å². The number of rotatable bonds is 7. The third kappa shape index (κ3) is 5.46. The van der Waals surface area contributed by atoms with Gasteiger partial charge in [0.15, 0.2) is 17.5 Å². The molecule has 36 heavy (non-hydrogen) atoms. The summed E-state index contributed by atoms with van der Waals surface area (Å²) in [6.45, 7) is 0.00137. The number of amides is 1. The summed E-state index contributed by atoms with van der Waals surface area (Å²) in [5, 5.41) is 12.4. The summed E-state index contributed by atoms with van der Waals surface area (Å²) < 4.78 is 26.9. The van der Waals surface area contributed by atoms with Crippen LogP contribution < -0.4 is 5.32 Å². The first-order valence-corrected chi connectivity index (χ1v) is 12.9. The van der Waals surface area contributed by atoms with Crippen LogP contribution in [0.15, 0.2) is 36.4 Å². The van der Waals surface area contributed by atoms with E-state index in [-0.39, 0.29) is 18.9 Å². The molecule has 0 radical (unpaired) electrons. The molecule has 0 saturated heterocycles. The zero-order valence-corrected chi connectivity index (χ0v) is 20.3. The molecule has 0 unspecified atom stereocenters. The SMILES string of the molecule is O=C(Cc1ccc(F)c(F)c1)Nc1nc2c(nc1CCC1CCCCC1)-c1ccc(CO)cc1CC2. The lowest BCUT2D eigenvalue weighted by Crippen LogP contribution is -2.20. The molecule has 2 aliphatic rings. The Labute approximate surface area is 210 Å². The summed E-state index contributed by atoms with van der Waals surface area (Å²) in [5.74, 6) is -1.12. The number of aliphatic hydroxyl groups excluding tert-OH is 1. The van der Waals surface area contributed by atoms with Crippen LogP contribution in [0.5, 0.6) is 0 Å². The predicted octanol–water partition coefficient (Wildman–Crippen LogP) is 5.71. The van der Waals surface area contributed by atoms with Crippen molar-refractivity contribution in [2.45, 2.75) is 70.8 Å². The summed E-state index contributed by atoms with van der Waals surface area (Å²) in [7, 11) is 0. The lowest BCUT2D eigenvalue weighted by molar-refractivity contribution is -0.115. The zero-order valence-electron chi connectivity index (χ0n) is 20.3. The standard InChI is InChI=1S/C29H31F2N3O2/c30-23-11-7-19(15-24(23)31)16-27(36)34-29-26(12-8-18-4-2-1-3-5-18)32-28-22-10-6-20(17-35)14-21(22)9-13-25(28)33-29/h6-7,10-11,14-15,18,35H,1-5,8-9,12-13,16-17H2,(H,33,34,36). The summed E-state index contributed by atoms with van der Waals surface area (Å²) >= 11 is 0. The second kappa shape index (κ2) is 10.8. The van der Waals surface area contributed by atoms with E-state index in [1.807, 2.05) is 18.2 Å². The number of fused-ring (bicyclic) bond motifs is 3. The van der Waals surface area contributed by atoms with Crippen LogP contribution in [0.2, 0.25) is 0 Å². The highest BCUT2D eigenvalue weighted by molar-refractivity contribution is 5.92. The van der Waals surface area contributed by atoms with Gasteiger partial charge in [-0.3, -0.25) is 4.79 Å². The van der Waals surface area contributed by atoms with E-state index in [1.165, 1.54) is 38.2 Å². The number of aliphatic hydroxyl groups is 1. The summed E-state index contributed by atoms with van der Waals surface area (Å²) in [6, 6.07) is 9.44. The molecule has 0 spiro atoms. The van der Waals surface area contributed by atoms with Gasteiger partial charge < -0.3 is 10.4 Å². The predicted molar refractivity (Wildman–Crippen MR) is 134 cm³/mol. The molecule has 0 atom stereocenters. The van der Waals surface area contributed by atoms with Crippen molar-refractivity contribution in [3.63, 3.8) is 0 Å². The molecule has 2 aromatic carbocycles. The molecule has 0 bridgehead atoms. The van der Waals surface area contributed by atoms with Crippen LogP contribution in [0.1, 0.15) is 66.6 Å².